The van der Waals surface area contributed by atoms with Crippen LogP contribution >= 0.6 is 0 Å². The van der Waals surface area contributed by atoms with Crippen molar-refractivity contribution < 1.29 is 14.3 Å². The van der Waals surface area contributed by atoms with Gasteiger partial charge in [-0.1, -0.05) is 18.2 Å². The number of aromatic carboxylic acids is 1. The average Bonchev–Trinajstić information content (AvgIpc) is 2.50. The van der Waals surface area contributed by atoms with E-state index in [4.69, 9.17) is 5.11 Å². The van der Waals surface area contributed by atoms with Crippen LogP contribution in [0.1, 0.15) is 16.1 Å². The van der Waals surface area contributed by atoms with Gasteiger partial charge in [0.1, 0.15) is 11.6 Å². The molecule has 0 spiro atoms. The molecule has 2 rings (SSSR count). The molecule has 6 heteroatoms. The number of rotatable bonds is 7. The molecule has 0 fully saturated rings. The van der Waals surface area contributed by atoms with E-state index in [2.05, 4.69) is 15.2 Å². The van der Waals surface area contributed by atoms with E-state index in [-0.39, 0.29) is 11.5 Å². The minimum atomic E-state index is -1.04. The Morgan fingerprint density at radius 2 is 2.00 bits per heavy atom. The molecule has 0 saturated heterocycles. The Bertz CT molecular complexity index is 632. The van der Waals surface area contributed by atoms with E-state index >= 15 is 0 Å². The van der Waals surface area contributed by atoms with Gasteiger partial charge in [-0.3, -0.25) is 0 Å². The second-order valence-corrected chi connectivity index (χ2v) is 5.00. The molecule has 1 heterocycles. The molecule has 22 heavy (non-hydrogen) atoms. The normalized spacial score (nSPS) is 10.7. The van der Waals surface area contributed by atoms with Gasteiger partial charge < -0.3 is 15.3 Å². The predicted octanol–water partition coefficient (Wildman–Crippen LogP) is 2.46. The van der Waals surface area contributed by atoms with E-state index < -0.39 is 5.97 Å². The number of aromatic nitrogens is 1. The van der Waals surface area contributed by atoms with Crippen molar-refractivity contribution in [1.82, 2.24) is 9.88 Å². The Hall–Kier alpha value is -2.47. The maximum Gasteiger partial charge on any atom is 0.354 e. The number of halogens is 1. The van der Waals surface area contributed by atoms with Crippen LogP contribution in [0.5, 0.6) is 0 Å². The van der Waals surface area contributed by atoms with Crippen LogP contribution in [0.15, 0.2) is 42.5 Å². The van der Waals surface area contributed by atoms with Gasteiger partial charge in [-0.15, -0.1) is 0 Å². The van der Waals surface area contributed by atoms with Crippen LogP contribution in [0.3, 0.4) is 0 Å². The lowest BCUT2D eigenvalue weighted by molar-refractivity contribution is 0.0690. The number of nitrogens with zero attached hydrogens (tertiary/aromatic N) is 2. The highest BCUT2D eigenvalue weighted by molar-refractivity contribution is 5.85. The van der Waals surface area contributed by atoms with E-state index in [9.17, 15) is 9.18 Å². The van der Waals surface area contributed by atoms with Gasteiger partial charge in [0, 0.05) is 19.6 Å². The minimum Gasteiger partial charge on any atom is -0.477 e. The molecule has 5 nitrogen and oxygen atoms in total. The molecule has 0 saturated carbocycles. The molecule has 0 aliphatic carbocycles. The number of nitrogens with one attached hydrogen (secondary N) is 1. The van der Waals surface area contributed by atoms with Gasteiger partial charge in [0.05, 0.1) is 0 Å². The van der Waals surface area contributed by atoms with E-state index in [0.717, 1.165) is 12.1 Å². The fraction of sp³-hybridized carbons (Fsp3) is 0.250. The maximum absolute atomic E-state index is 12.8. The molecule has 116 valence electrons. The molecule has 1 aromatic carbocycles. The van der Waals surface area contributed by atoms with Gasteiger partial charge in [0.25, 0.3) is 0 Å². The lowest BCUT2D eigenvalue weighted by Gasteiger charge is -2.17. The van der Waals surface area contributed by atoms with E-state index in [0.29, 0.717) is 18.9 Å². The summed E-state index contributed by atoms with van der Waals surface area (Å²) in [5.74, 6) is -0.746. The molecule has 1 aromatic heterocycles. The third-order valence-electron chi connectivity index (χ3n) is 3.13. The van der Waals surface area contributed by atoms with Crippen molar-refractivity contribution in [3.05, 3.63) is 59.5 Å². The minimum absolute atomic E-state index is 0.0182. The number of hydrogen-bond donors (Lipinski definition) is 2. The Morgan fingerprint density at radius 1 is 1.27 bits per heavy atom. The number of carboxylic acid groups (broad SMARTS) is 1. The fourth-order valence-corrected chi connectivity index (χ4v) is 2.01. The topological polar surface area (TPSA) is 65.5 Å². The summed E-state index contributed by atoms with van der Waals surface area (Å²) in [6.45, 7) is 2.09. The lowest BCUT2D eigenvalue weighted by Crippen LogP contribution is -2.25. The van der Waals surface area contributed by atoms with Crippen molar-refractivity contribution in [3.8, 4) is 0 Å². The molecule has 2 N–H and O–H groups in total. The third-order valence-corrected chi connectivity index (χ3v) is 3.13. The summed E-state index contributed by atoms with van der Waals surface area (Å²) in [5.41, 5.74) is 1.06. The second kappa shape index (κ2) is 7.51. The van der Waals surface area contributed by atoms with E-state index in [1.165, 1.54) is 18.2 Å². The molecule has 0 bridgehead atoms. The Kier molecular flexibility index (Phi) is 5.43. The molecule has 0 unspecified atom stereocenters. The Balaban J connectivity index is 1.79. The summed E-state index contributed by atoms with van der Waals surface area (Å²) in [6.07, 6.45) is 0. The highest BCUT2D eigenvalue weighted by Gasteiger charge is 2.05. The SMILES string of the molecule is CN(CCNc1cccc(C(=O)O)n1)Cc1ccc(F)cc1. The summed E-state index contributed by atoms with van der Waals surface area (Å²) in [5, 5.41) is 12.0. The highest BCUT2D eigenvalue weighted by atomic mass is 19.1. The van der Waals surface area contributed by atoms with Gasteiger partial charge >= 0.3 is 5.97 Å². The van der Waals surface area contributed by atoms with E-state index in [1.54, 1.807) is 24.3 Å². The van der Waals surface area contributed by atoms with Crippen LogP contribution in [0.4, 0.5) is 10.2 Å². The number of benzene rings is 1. The molecular weight excluding hydrogens is 285 g/mol. The van der Waals surface area contributed by atoms with Crippen molar-refractivity contribution in [2.24, 2.45) is 0 Å². The zero-order valence-electron chi connectivity index (χ0n) is 12.3. The van der Waals surface area contributed by atoms with Gasteiger partial charge in [-0.25, -0.2) is 14.2 Å². The van der Waals surface area contributed by atoms with Crippen LogP contribution in [0.25, 0.3) is 0 Å². The van der Waals surface area contributed by atoms with Crippen LogP contribution in [0, 0.1) is 5.82 Å². The number of carboxylic acids is 1. The standard InChI is InChI=1S/C16H18FN3O2/c1-20(11-12-5-7-13(17)8-6-12)10-9-18-15-4-2-3-14(19-15)16(21)22/h2-8H,9-11H2,1H3,(H,18,19)(H,21,22). The fourth-order valence-electron chi connectivity index (χ4n) is 2.01. The van der Waals surface area contributed by atoms with Gasteiger partial charge in [0.15, 0.2) is 5.69 Å². The van der Waals surface area contributed by atoms with Crippen LogP contribution < -0.4 is 5.32 Å². The van der Waals surface area contributed by atoms with Crippen molar-refractivity contribution in [1.29, 1.82) is 0 Å². The molecule has 0 atom stereocenters. The first-order valence-electron chi connectivity index (χ1n) is 6.92. The van der Waals surface area contributed by atoms with Crippen LogP contribution in [-0.4, -0.2) is 41.1 Å². The summed E-state index contributed by atoms with van der Waals surface area (Å²) < 4.78 is 12.8. The first kappa shape index (κ1) is 15.9. The van der Waals surface area contributed by atoms with Crippen molar-refractivity contribution in [2.45, 2.75) is 6.54 Å². The third kappa shape index (κ3) is 4.82. The van der Waals surface area contributed by atoms with Gasteiger partial charge in [0.2, 0.25) is 0 Å². The first-order chi connectivity index (χ1) is 10.5. The maximum atomic E-state index is 12.8. The second-order valence-electron chi connectivity index (χ2n) is 5.00. The van der Waals surface area contributed by atoms with Crippen LogP contribution in [0.2, 0.25) is 0 Å². The van der Waals surface area contributed by atoms with Gasteiger partial charge in [-0.05, 0) is 36.9 Å². The average molecular weight is 303 g/mol. The molecule has 2 aromatic rings. The number of carbonyl (C=O) groups is 1. The Labute approximate surface area is 128 Å². The van der Waals surface area contributed by atoms with Crippen molar-refractivity contribution >= 4 is 11.8 Å². The largest absolute Gasteiger partial charge is 0.477 e. The summed E-state index contributed by atoms with van der Waals surface area (Å²) in [6, 6.07) is 11.3. The lowest BCUT2D eigenvalue weighted by atomic mass is 10.2. The number of pyridine rings is 1. The van der Waals surface area contributed by atoms with Crippen molar-refractivity contribution in [3.63, 3.8) is 0 Å². The summed E-state index contributed by atoms with van der Waals surface area (Å²) >= 11 is 0. The quantitative estimate of drug-likeness (QED) is 0.822. The monoisotopic (exact) mass is 303 g/mol. The zero-order chi connectivity index (χ0) is 15.9. The predicted molar refractivity (Wildman–Crippen MR) is 82.4 cm³/mol. The van der Waals surface area contributed by atoms with Crippen molar-refractivity contribution in [2.75, 3.05) is 25.5 Å². The molecular formula is C16H18FN3O2. The number of anilines is 1. The zero-order valence-corrected chi connectivity index (χ0v) is 12.3. The van der Waals surface area contributed by atoms with Gasteiger partial charge in [-0.2, -0.15) is 0 Å². The molecule has 0 amide bonds. The highest BCUT2D eigenvalue weighted by Crippen LogP contribution is 2.07. The molecule has 0 aliphatic heterocycles. The molecule has 0 radical (unpaired) electrons. The summed E-state index contributed by atoms with van der Waals surface area (Å²) in [4.78, 5) is 16.9. The van der Waals surface area contributed by atoms with Crippen LogP contribution in [-0.2, 0) is 6.54 Å². The first-order valence-corrected chi connectivity index (χ1v) is 6.92. The smallest absolute Gasteiger partial charge is 0.354 e. The Morgan fingerprint density at radius 3 is 2.68 bits per heavy atom. The molecule has 0 aliphatic rings. The number of hydrogen-bond acceptors (Lipinski definition) is 4. The summed E-state index contributed by atoms with van der Waals surface area (Å²) in [7, 11) is 1.96. The van der Waals surface area contributed by atoms with E-state index in [1.807, 2.05) is 7.05 Å². The number of likely N-dealkylation sites (N-methyl/N-ethyl adjacent to an activating group) is 1.